The van der Waals surface area contributed by atoms with Gasteiger partial charge in [-0.05, 0) is 25.8 Å². The average Bonchev–Trinajstić information content (AvgIpc) is 2.30. The molecule has 1 aromatic carbocycles. The third kappa shape index (κ3) is 2.06. The molecule has 0 aromatic heterocycles. The maximum atomic E-state index is 6.47. The largest absolute Gasteiger partial charge is 0.496 e. The SMILES string of the molecule is COc1ccc(C)cc1C1(N)CCOCC1. The van der Waals surface area contributed by atoms with Crippen molar-refractivity contribution in [1.82, 2.24) is 0 Å². The summed E-state index contributed by atoms with van der Waals surface area (Å²) in [4.78, 5) is 0. The first-order valence-corrected chi connectivity index (χ1v) is 5.67. The van der Waals surface area contributed by atoms with Crippen LogP contribution in [-0.2, 0) is 10.3 Å². The molecule has 0 atom stereocenters. The fraction of sp³-hybridized carbons (Fsp3) is 0.538. The predicted molar refractivity (Wildman–Crippen MR) is 63.6 cm³/mol. The van der Waals surface area contributed by atoms with Crippen molar-refractivity contribution >= 4 is 0 Å². The topological polar surface area (TPSA) is 44.5 Å². The van der Waals surface area contributed by atoms with Gasteiger partial charge in [-0.2, -0.15) is 0 Å². The summed E-state index contributed by atoms with van der Waals surface area (Å²) in [7, 11) is 1.69. The van der Waals surface area contributed by atoms with Crippen molar-refractivity contribution in [3.63, 3.8) is 0 Å². The lowest BCUT2D eigenvalue weighted by molar-refractivity contribution is 0.0514. The summed E-state index contributed by atoms with van der Waals surface area (Å²) in [5.74, 6) is 0.884. The van der Waals surface area contributed by atoms with Crippen molar-refractivity contribution in [2.24, 2.45) is 5.73 Å². The van der Waals surface area contributed by atoms with E-state index in [-0.39, 0.29) is 5.54 Å². The van der Waals surface area contributed by atoms with E-state index >= 15 is 0 Å². The number of hydrogen-bond donors (Lipinski definition) is 1. The molecule has 0 aliphatic carbocycles. The Kier molecular flexibility index (Phi) is 3.17. The van der Waals surface area contributed by atoms with E-state index in [0.717, 1.165) is 37.4 Å². The summed E-state index contributed by atoms with van der Waals surface area (Å²) >= 11 is 0. The smallest absolute Gasteiger partial charge is 0.123 e. The zero-order chi connectivity index (χ0) is 11.6. The number of ether oxygens (including phenoxy) is 2. The lowest BCUT2D eigenvalue weighted by Crippen LogP contribution is -2.42. The van der Waals surface area contributed by atoms with E-state index in [1.54, 1.807) is 7.11 Å². The highest BCUT2D eigenvalue weighted by Gasteiger charge is 2.32. The van der Waals surface area contributed by atoms with Crippen LogP contribution >= 0.6 is 0 Å². The minimum Gasteiger partial charge on any atom is -0.496 e. The third-order valence-corrected chi connectivity index (χ3v) is 3.28. The van der Waals surface area contributed by atoms with Crippen LogP contribution in [-0.4, -0.2) is 20.3 Å². The highest BCUT2D eigenvalue weighted by Crippen LogP contribution is 2.35. The van der Waals surface area contributed by atoms with E-state index < -0.39 is 0 Å². The van der Waals surface area contributed by atoms with Crippen LogP contribution in [0.25, 0.3) is 0 Å². The molecule has 0 radical (unpaired) electrons. The molecule has 1 aliphatic rings. The van der Waals surface area contributed by atoms with Crippen LogP contribution in [0.15, 0.2) is 18.2 Å². The first-order valence-electron chi connectivity index (χ1n) is 5.67. The van der Waals surface area contributed by atoms with Crippen LogP contribution in [0.5, 0.6) is 5.75 Å². The quantitative estimate of drug-likeness (QED) is 0.830. The highest BCUT2D eigenvalue weighted by molar-refractivity contribution is 5.42. The van der Waals surface area contributed by atoms with Gasteiger partial charge in [-0.1, -0.05) is 17.7 Å². The number of aryl methyl sites for hydroxylation is 1. The normalized spacial score (nSPS) is 19.4. The molecule has 1 fully saturated rings. The van der Waals surface area contributed by atoms with Gasteiger partial charge in [0.1, 0.15) is 5.75 Å². The maximum absolute atomic E-state index is 6.47. The number of methoxy groups -OCH3 is 1. The van der Waals surface area contributed by atoms with Gasteiger partial charge in [0, 0.05) is 24.3 Å². The van der Waals surface area contributed by atoms with Gasteiger partial charge in [0.15, 0.2) is 0 Å². The summed E-state index contributed by atoms with van der Waals surface area (Å²) in [6.45, 7) is 3.53. The zero-order valence-corrected chi connectivity index (χ0v) is 9.95. The monoisotopic (exact) mass is 221 g/mol. The Morgan fingerprint density at radius 3 is 2.62 bits per heavy atom. The second-order valence-corrected chi connectivity index (χ2v) is 4.47. The van der Waals surface area contributed by atoms with Gasteiger partial charge in [0.25, 0.3) is 0 Å². The lowest BCUT2D eigenvalue weighted by Gasteiger charge is -2.35. The molecule has 3 heteroatoms. The standard InChI is InChI=1S/C13H19NO2/c1-10-3-4-12(15-2)11(9-10)13(14)5-7-16-8-6-13/h3-4,9H,5-8,14H2,1-2H3. The molecule has 0 saturated carbocycles. The molecule has 1 saturated heterocycles. The summed E-state index contributed by atoms with van der Waals surface area (Å²) in [5, 5.41) is 0. The van der Waals surface area contributed by atoms with E-state index in [4.69, 9.17) is 15.2 Å². The molecule has 1 aromatic rings. The van der Waals surface area contributed by atoms with Gasteiger partial charge >= 0.3 is 0 Å². The zero-order valence-electron chi connectivity index (χ0n) is 9.95. The molecule has 2 N–H and O–H groups in total. The second kappa shape index (κ2) is 4.44. The molecular weight excluding hydrogens is 202 g/mol. The Balaban J connectivity index is 2.40. The van der Waals surface area contributed by atoms with Gasteiger partial charge in [0.05, 0.1) is 7.11 Å². The maximum Gasteiger partial charge on any atom is 0.123 e. The Morgan fingerprint density at radius 2 is 2.00 bits per heavy atom. The summed E-state index contributed by atoms with van der Waals surface area (Å²) < 4.78 is 10.8. The van der Waals surface area contributed by atoms with Gasteiger partial charge < -0.3 is 15.2 Å². The molecule has 16 heavy (non-hydrogen) atoms. The van der Waals surface area contributed by atoms with Crippen molar-refractivity contribution < 1.29 is 9.47 Å². The first kappa shape index (κ1) is 11.4. The van der Waals surface area contributed by atoms with Crippen LogP contribution in [0.4, 0.5) is 0 Å². The van der Waals surface area contributed by atoms with Crippen LogP contribution in [0, 0.1) is 6.92 Å². The number of benzene rings is 1. The number of nitrogens with two attached hydrogens (primary N) is 1. The molecule has 0 bridgehead atoms. The molecule has 0 amide bonds. The molecule has 1 aliphatic heterocycles. The Labute approximate surface area is 96.5 Å². The van der Waals surface area contributed by atoms with Crippen molar-refractivity contribution in [3.8, 4) is 5.75 Å². The van der Waals surface area contributed by atoms with E-state index in [9.17, 15) is 0 Å². The van der Waals surface area contributed by atoms with Crippen molar-refractivity contribution in [2.45, 2.75) is 25.3 Å². The second-order valence-electron chi connectivity index (χ2n) is 4.47. The summed E-state index contributed by atoms with van der Waals surface area (Å²) in [5.41, 5.74) is 8.49. The fourth-order valence-corrected chi connectivity index (χ4v) is 2.22. The molecule has 88 valence electrons. The van der Waals surface area contributed by atoms with E-state index in [2.05, 4.69) is 13.0 Å². The fourth-order valence-electron chi connectivity index (χ4n) is 2.22. The number of rotatable bonds is 2. The van der Waals surface area contributed by atoms with Crippen LogP contribution in [0.1, 0.15) is 24.0 Å². The highest BCUT2D eigenvalue weighted by atomic mass is 16.5. The van der Waals surface area contributed by atoms with E-state index in [1.807, 2.05) is 12.1 Å². The van der Waals surface area contributed by atoms with Crippen molar-refractivity contribution in [1.29, 1.82) is 0 Å². The Hall–Kier alpha value is -1.06. The molecule has 0 spiro atoms. The van der Waals surface area contributed by atoms with E-state index in [1.165, 1.54) is 5.56 Å². The lowest BCUT2D eigenvalue weighted by atomic mass is 9.82. The average molecular weight is 221 g/mol. The van der Waals surface area contributed by atoms with Gasteiger partial charge in [-0.25, -0.2) is 0 Å². The van der Waals surface area contributed by atoms with Crippen molar-refractivity contribution in [3.05, 3.63) is 29.3 Å². The van der Waals surface area contributed by atoms with Gasteiger partial charge in [-0.3, -0.25) is 0 Å². The molecular formula is C13H19NO2. The first-order chi connectivity index (χ1) is 7.65. The minimum atomic E-state index is -0.296. The summed E-state index contributed by atoms with van der Waals surface area (Å²) in [6, 6.07) is 6.17. The molecule has 0 unspecified atom stereocenters. The number of hydrogen-bond acceptors (Lipinski definition) is 3. The Bertz CT molecular complexity index is 370. The van der Waals surface area contributed by atoms with Gasteiger partial charge in [0.2, 0.25) is 0 Å². The summed E-state index contributed by atoms with van der Waals surface area (Å²) in [6.07, 6.45) is 1.71. The van der Waals surface area contributed by atoms with Gasteiger partial charge in [-0.15, -0.1) is 0 Å². The van der Waals surface area contributed by atoms with Crippen LogP contribution in [0.3, 0.4) is 0 Å². The van der Waals surface area contributed by atoms with Crippen LogP contribution in [0.2, 0.25) is 0 Å². The minimum absolute atomic E-state index is 0.296. The molecule has 1 heterocycles. The third-order valence-electron chi connectivity index (χ3n) is 3.28. The van der Waals surface area contributed by atoms with Crippen LogP contribution < -0.4 is 10.5 Å². The predicted octanol–water partition coefficient (Wildman–Crippen LogP) is 1.97. The Morgan fingerprint density at radius 1 is 1.31 bits per heavy atom. The van der Waals surface area contributed by atoms with E-state index in [0.29, 0.717) is 0 Å². The molecule has 3 nitrogen and oxygen atoms in total. The molecule has 2 rings (SSSR count). The van der Waals surface area contributed by atoms with Crippen molar-refractivity contribution in [2.75, 3.05) is 20.3 Å².